The molecule has 4 heterocycles. The Kier molecular flexibility index (Phi) is 6.29. The standard InChI is InChI=1S/C29H28N6O/c1-2-11-30-25(6-1)10-13-32-29-33-27(20-28(34-29)35-14-16-36-17-15-35)24-5-3-4-22(18-24)23-8-7-21-9-12-31-26(21)19-23/h1-9,11-12,18-20,31H,10,13-17H2,(H,32,33,34). The smallest absolute Gasteiger partial charge is 0.225 e. The van der Waals surface area contributed by atoms with Crippen LogP contribution in [0.5, 0.6) is 0 Å². The summed E-state index contributed by atoms with van der Waals surface area (Å²) in [4.78, 5) is 19.7. The third-order valence-corrected chi connectivity index (χ3v) is 6.48. The average Bonchev–Trinajstić information content (AvgIpc) is 3.42. The number of fused-ring (bicyclic) bond motifs is 1. The third kappa shape index (κ3) is 4.92. The van der Waals surface area contributed by atoms with Crippen molar-refractivity contribution in [3.8, 4) is 22.4 Å². The van der Waals surface area contributed by atoms with Gasteiger partial charge in [-0.05, 0) is 46.8 Å². The normalized spacial score (nSPS) is 13.7. The first-order chi connectivity index (χ1) is 17.8. The van der Waals surface area contributed by atoms with E-state index in [2.05, 4.69) is 74.8 Å². The predicted molar refractivity (Wildman–Crippen MR) is 144 cm³/mol. The number of benzene rings is 2. The van der Waals surface area contributed by atoms with E-state index in [0.717, 1.165) is 53.4 Å². The zero-order valence-electron chi connectivity index (χ0n) is 20.0. The number of aromatic amines is 1. The first-order valence-corrected chi connectivity index (χ1v) is 12.4. The highest BCUT2D eigenvalue weighted by molar-refractivity contribution is 5.85. The van der Waals surface area contributed by atoms with Gasteiger partial charge in [0.15, 0.2) is 0 Å². The van der Waals surface area contributed by atoms with Gasteiger partial charge >= 0.3 is 0 Å². The van der Waals surface area contributed by atoms with Crippen LogP contribution in [-0.4, -0.2) is 52.8 Å². The highest BCUT2D eigenvalue weighted by Gasteiger charge is 2.16. The Morgan fingerprint density at radius 3 is 2.64 bits per heavy atom. The van der Waals surface area contributed by atoms with E-state index in [9.17, 15) is 0 Å². The summed E-state index contributed by atoms with van der Waals surface area (Å²) in [7, 11) is 0. The van der Waals surface area contributed by atoms with E-state index in [0.29, 0.717) is 25.7 Å². The number of ether oxygens (including phenoxy) is 1. The largest absolute Gasteiger partial charge is 0.378 e. The van der Waals surface area contributed by atoms with Crippen molar-refractivity contribution in [2.24, 2.45) is 0 Å². The molecule has 0 spiro atoms. The molecular formula is C29H28N6O. The monoisotopic (exact) mass is 476 g/mol. The Balaban J connectivity index is 1.31. The van der Waals surface area contributed by atoms with Gasteiger partial charge in [-0.3, -0.25) is 4.98 Å². The fourth-order valence-electron chi connectivity index (χ4n) is 4.55. The number of aromatic nitrogens is 4. The van der Waals surface area contributed by atoms with Gasteiger partial charge in [0.2, 0.25) is 5.95 Å². The molecule has 2 aromatic carbocycles. The predicted octanol–water partition coefficient (Wildman–Crippen LogP) is 5.18. The molecule has 36 heavy (non-hydrogen) atoms. The van der Waals surface area contributed by atoms with Gasteiger partial charge in [0.1, 0.15) is 5.82 Å². The Labute approximate surface area is 210 Å². The molecule has 0 unspecified atom stereocenters. The molecule has 2 N–H and O–H groups in total. The number of hydrogen-bond acceptors (Lipinski definition) is 6. The first-order valence-electron chi connectivity index (χ1n) is 12.4. The van der Waals surface area contributed by atoms with Crippen LogP contribution in [0.2, 0.25) is 0 Å². The molecule has 3 aromatic heterocycles. The number of H-pyrrole nitrogens is 1. The Morgan fingerprint density at radius 1 is 0.861 bits per heavy atom. The lowest BCUT2D eigenvalue weighted by molar-refractivity contribution is 0.122. The lowest BCUT2D eigenvalue weighted by Gasteiger charge is -2.28. The van der Waals surface area contributed by atoms with Crippen molar-refractivity contribution < 1.29 is 4.74 Å². The fourth-order valence-corrected chi connectivity index (χ4v) is 4.55. The molecule has 6 rings (SSSR count). The van der Waals surface area contributed by atoms with Crippen LogP contribution in [0, 0.1) is 0 Å². The molecule has 0 radical (unpaired) electrons. The van der Waals surface area contributed by atoms with Gasteiger partial charge in [-0.2, -0.15) is 4.98 Å². The molecule has 5 aromatic rings. The molecule has 1 fully saturated rings. The molecular weight excluding hydrogens is 448 g/mol. The summed E-state index contributed by atoms with van der Waals surface area (Å²) in [6.07, 6.45) is 4.60. The summed E-state index contributed by atoms with van der Waals surface area (Å²) in [6, 6.07) is 25.2. The van der Waals surface area contributed by atoms with Crippen molar-refractivity contribution in [2.75, 3.05) is 43.1 Å². The van der Waals surface area contributed by atoms with Gasteiger partial charge in [0.05, 0.1) is 18.9 Å². The molecule has 1 saturated heterocycles. The van der Waals surface area contributed by atoms with Crippen LogP contribution in [-0.2, 0) is 11.2 Å². The SMILES string of the molecule is c1ccc(CCNc2nc(-c3cccc(-c4ccc5cc[nH]c5c4)c3)cc(N3CCOCC3)n2)nc1. The molecule has 0 saturated carbocycles. The molecule has 1 aliphatic heterocycles. The van der Waals surface area contributed by atoms with E-state index in [1.54, 1.807) is 0 Å². The minimum Gasteiger partial charge on any atom is -0.378 e. The van der Waals surface area contributed by atoms with Gasteiger partial charge < -0.3 is 19.9 Å². The molecule has 0 aliphatic carbocycles. The Hall–Kier alpha value is -4.23. The summed E-state index contributed by atoms with van der Waals surface area (Å²) in [6.45, 7) is 3.76. The lowest BCUT2D eigenvalue weighted by atomic mass is 10.0. The number of morpholine rings is 1. The van der Waals surface area contributed by atoms with Crippen LogP contribution < -0.4 is 10.2 Å². The van der Waals surface area contributed by atoms with Crippen molar-refractivity contribution in [1.82, 2.24) is 19.9 Å². The molecule has 1 aliphatic rings. The van der Waals surface area contributed by atoms with Gasteiger partial charge in [-0.25, -0.2) is 4.98 Å². The highest BCUT2D eigenvalue weighted by atomic mass is 16.5. The van der Waals surface area contributed by atoms with E-state index in [1.165, 1.54) is 10.9 Å². The maximum atomic E-state index is 5.56. The van der Waals surface area contributed by atoms with E-state index in [-0.39, 0.29) is 0 Å². The van der Waals surface area contributed by atoms with Crippen LogP contribution in [0.3, 0.4) is 0 Å². The maximum absolute atomic E-state index is 5.56. The van der Waals surface area contributed by atoms with Crippen LogP contribution >= 0.6 is 0 Å². The lowest BCUT2D eigenvalue weighted by Crippen LogP contribution is -2.37. The molecule has 0 amide bonds. The van der Waals surface area contributed by atoms with E-state index >= 15 is 0 Å². The number of rotatable bonds is 7. The van der Waals surface area contributed by atoms with E-state index in [4.69, 9.17) is 14.7 Å². The average molecular weight is 477 g/mol. The Morgan fingerprint density at radius 2 is 1.75 bits per heavy atom. The number of pyridine rings is 1. The molecule has 7 heteroatoms. The Bertz CT molecular complexity index is 1460. The van der Waals surface area contributed by atoms with Crippen molar-refractivity contribution in [2.45, 2.75) is 6.42 Å². The van der Waals surface area contributed by atoms with Crippen molar-refractivity contribution in [3.05, 3.63) is 90.9 Å². The quantitative estimate of drug-likeness (QED) is 0.337. The summed E-state index contributed by atoms with van der Waals surface area (Å²) in [5.41, 5.74) is 6.46. The third-order valence-electron chi connectivity index (χ3n) is 6.48. The number of nitrogens with one attached hydrogen (secondary N) is 2. The van der Waals surface area contributed by atoms with Crippen molar-refractivity contribution in [1.29, 1.82) is 0 Å². The van der Waals surface area contributed by atoms with E-state index < -0.39 is 0 Å². The van der Waals surface area contributed by atoms with Crippen LogP contribution in [0.1, 0.15) is 5.69 Å². The number of nitrogens with zero attached hydrogens (tertiary/aromatic N) is 4. The summed E-state index contributed by atoms with van der Waals surface area (Å²) >= 11 is 0. The summed E-state index contributed by atoms with van der Waals surface area (Å²) in [5, 5.41) is 4.63. The molecule has 0 bridgehead atoms. The molecule has 7 nitrogen and oxygen atoms in total. The minimum atomic E-state index is 0.628. The number of anilines is 2. The zero-order valence-corrected chi connectivity index (χ0v) is 20.0. The van der Waals surface area contributed by atoms with Crippen LogP contribution in [0.25, 0.3) is 33.3 Å². The van der Waals surface area contributed by atoms with Crippen LogP contribution in [0.4, 0.5) is 11.8 Å². The van der Waals surface area contributed by atoms with Gasteiger partial charge in [0.25, 0.3) is 0 Å². The summed E-state index contributed by atoms with van der Waals surface area (Å²) < 4.78 is 5.56. The second-order valence-corrected chi connectivity index (χ2v) is 8.89. The fraction of sp³-hybridized carbons (Fsp3) is 0.207. The first kappa shape index (κ1) is 22.2. The number of hydrogen-bond donors (Lipinski definition) is 2. The zero-order chi connectivity index (χ0) is 24.2. The second-order valence-electron chi connectivity index (χ2n) is 8.89. The second kappa shape index (κ2) is 10.2. The molecule has 180 valence electrons. The van der Waals surface area contributed by atoms with Gasteiger partial charge in [-0.15, -0.1) is 0 Å². The summed E-state index contributed by atoms with van der Waals surface area (Å²) in [5.74, 6) is 1.55. The minimum absolute atomic E-state index is 0.628. The van der Waals surface area contributed by atoms with Crippen molar-refractivity contribution in [3.63, 3.8) is 0 Å². The highest BCUT2D eigenvalue weighted by Crippen LogP contribution is 2.30. The van der Waals surface area contributed by atoms with Crippen molar-refractivity contribution >= 4 is 22.7 Å². The van der Waals surface area contributed by atoms with Crippen LogP contribution in [0.15, 0.2) is 85.2 Å². The van der Waals surface area contributed by atoms with Gasteiger partial charge in [0, 0.05) is 61.3 Å². The van der Waals surface area contributed by atoms with Gasteiger partial charge in [-0.1, -0.05) is 36.4 Å². The maximum Gasteiger partial charge on any atom is 0.225 e. The molecule has 0 atom stereocenters. The topological polar surface area (TPSA) is 79.0 Å². The van der Waals surface area contributed by atoms with E-state index in [1.807, 2.05) is 30.6 Å².